The monoisotopic (exact) mass is 307 g/mol. The Balaban J connectivity index is 2.14. The minimum absolute atomic E-state index is 0.00578. The molecule has 1 aromatic rings. The van der Waals surface area contributed by atoms with E-state index in [0.717, 1.165) is 17.0 Å². The maximum Gasteiger partial charge on any atom is 0.408 e. The highest BCUT2D eigenvalue weighted by Crippen LogP contribution is 2.32. The molecule has 0 spiro atoms. The molecule has 0 saturated carbocycles. The van der Waals surface area contributed by atoms with E-state index in [4.69, 9.17) is 0 Å². The van der Waals surface area contributed by atoms with Crippen LogP contribution in [0.15, 0.2) is 18.2 Å². The number of alkyl halides is 3. The smallest absolute Gasteiger partial charge is 0.330 e. The molecule has 1 aliphatic heterocycles. The number of hydrogen-bond donors (Lipinski definition) is 0. The molecule has 2 rings (SSSR count). The summed E-state index contributed by atoms with van der Waals surface area (Å²) in [7, 11) is 0. The number of nitrogens with zero attached hydrogens (tertiary/aromatic N) is 1. The van der Waals surface area contributed by atoms with Crippen LogP contribution in [0.2, 0.25) is 0 Å². The van der Waals surface area contributed by atoms with Crippen LogP contribution < -0.4 is 0 Å². The fraction of sp³-hybridized carbons (Fsp3) is 0.500. The van der Waals surface area contributed by atoms with E-state index in [1.54, 1.807) is 0 Å². The molecule has 1 heterocycles. The zero-order chi connectivity index (χ0) is 15.6. The summed E-state index contributed by atoms with van der Waals surface area (Å²) in [4.78, 5) is 12.8. The number of benzene rings is 1. The first-order chi connectivity index (χ1) is 9.79. The summed E-state index contributed by atoms with van der Waals surface area (Å²) in [6, 6.07) is 0.848. The Morgan fingerprint density at radius 1 is 1.24 bits per heavy atom. The van der Waals surface area contributed by atoms with E-state index in [0.29, 0.717) is 18.9 Å². The van der Waals surface area contributed by atoms with Crippen molar-refractivity contribution < 1.29 is 26.7 Å². The number of hydrogen-bond acceptors (Lipinski definition) is 1. The molecule has 0 radical (unpaired) electrons. The molecule has 7 heteroatoms. The van der Waals surface area contributed by atoms with Gasteiger partial charge in [0.2, 0.25) is 5.91 Å². The lowest BCUT2D eigenvalue weighted by molar-refractivity contribution is -0.195. The van der Waals surface area contributed by atoms with Gasteiger partial charge in [-0.05, 0) is 30.9 Å². The maximum atomic E-state index is 13.5. The van der Waals surface area contributed by atoms with E-state index in [9.17, 15) is 26.7 Å². The highest BCUT2D eigenvalue weighted by atomic mass is 19.4. The Bertz CT molecular complexity index is 529. The highest BCUT2D eigenvalue weighted by molar-refractivity contribution is 5.79. The minimum Gasteiger partial charge on any atom is -0.330 e. The summed E-state index contributed by atoms with van der Waals surface area (Å²) >= 11 is 0. The molecule has 1 fully saturated rings. The summed E-state index contributed by atoms with van der Waals surface area (Å²) in [6.45, 7) is 0.00578. The van der Waals surface area contributed by atoms with Crippen molar-refractivity contribution in [3.8, 4) is 0 Å². The highest BCUT2D eigenvalue weighted by Gasteiger charge is 2.46. The van der Waals surface area contributed by atoms with Crippen LogP contribution in [-0.2, 0) is 11.2 Å². The van der Waals surface area contributed by atoms with Gasteiger partial charge in [-0.3, -0.25) is 4.79 Å². The predicted octanol–water partition coefficient (Wildman–Crippen LogP) is 3.45. The second-order valence-electron chi connectivity index (χ2n) is 5.05. The zero-order valence-corrected chi connectivity index (χ0v) is 11.1. The first-order valence-electron chi connectivity index (χ1n) is 6.59. The average molecular weight is 307 g/mol. The van der Waals surface area contributed by atoms with Crippen molar-refractivity contribution >= 4 is 5.91 Å². The van der Waals surface area contributed by atoms with Gasteiger partial charge < -0.3 is 4.90 Å². The lowest BCUT2D eigenvalue weighted by Gasteiger charge is -2.36. The molecule has 0 aliphatic carbocycles. The first-order valence-corrected chi connectivity index (χ1v) is 6.59. The second-order valence-corrected chi connectivity index (χ2v) is 5.05. The molecule has 116 valence electrons. The Morgan fingerprint density at radius 3 is 2.57 bits per heavy atom. The molecule has 1 atom stereocenters. The van der Waals surface area contributed by atoms with Gasteiger partial charge in [0, 0.05) is 12.6 Å². The van der Waals surface area contributed by atoms with E-state index in [-0.39, 0.29) is 18.5 Å². The molecule has 1 aliphatic rings. The second kappa shape index (κ2) is 5.99. The maximum absolute atomic E-state index is 13.5. The third-order valence-electron chi connectivity index (χ3n) is 3.56. The predicted molar refractivity (Wildman–Crippen MR) is 65.5 cm³/mol. The summed E-state index contributed by atoms with van der Waals surface area (Å²) in [5.41, 5.74) is -0.104. The Morgan fingerprint density at radius 2 is 1.95 bits per heavy atom. The molecule has 0 bridgehead atoms. The fourth-order valence-electron chi connectivity index (χ4n) is 2.50. The number of piperidine rings is 1. The quantitative estimate of drug-likeness (QED) is 0.766. The first kappa shape index (κ1) is 15.7. The average Bonchev–Trinajstić information content (AvgIpc) is 2.41. The molecule has 1 aromatic carbocycles. The van der Waals surface area contributed by atoms with E-state index in [1.165, 1.54) is 0 Å². The van der Waals surface area contributed by atoms with Crippen LogP contribution in [0.5, 0.6) is 0 Å². The van der Waals surface area contributed by atoms with Crippen LogP contribution in [0.25, 0.3) is 0 Å². The molecule has 2 nitrogen and oxygen atoms in total. The van der Waals surface area contributed by atoms with Crippen LogP contribution in [0.4, 0.5) is 22.0 Å². The van der Waals surface area contributed by atoms with Crippen molar-refractivity contribution in [1.29, 1.82) is 0 Å². The molecular formula is C14H14F5NO. The molecular weight excluding hydrogens is 293 g/mol. The van der Waals surface area contributed by atoms with Gasteiger partial charge in [0.25, 0.3) is 0 Å². The van der Waals surface area contributed by atoms with Crippen LogP contribution in [0, 0.1) is 11.6 Å². The topological polar surface area (TPSA) is 20.3 Å². The standard InChI is InChI=1S/C14H14F5NO/c15-10-5-4-9(11(16)8-10)7-13(21)20-6-2-1-3-12(20)14(17,18)19/h4-5,8,12H,1-3,6-7H2. The van der Waals surface area contributed by atoms with E-state index >= 15 is 0 Å². The van der Waals surface area contributed by atoms with Crippen molar-refractivity contribution in [2.75, 3.05) is 6.54 Å². The number of likely N-dealkylation sites (tertiary alicyclic amines) is 1. The van der Waals surface area contributed by atoms with Crippen molar-refractivity contribution in [1.82, 2.24) is 4.90 Å². The number of halogens is 5. The van der Waals surface area contributed by atoms with Gasteiger partial charge in [-0.15, -0.1) is 0 Å². The van der Waals surface area contributed by atoms with E-state index < -0.39 is 36.2 Å². The van der Waals surface area contributed by atoms with Gasteiger partial charge in [0.05, 0.1) is 6.42 Å². The van der Waals surface area contributed by atoms with Crippen molar-refractivity contribution in [3.05, 3.63) is 35.4 Å². The van der Waals surface area contributed by atoms with Crippen molar-refractivity contribution in [2.24, 2.45) is 0 Å². The van der Waals surface area contributed by atoms with Gasteiger partial charge in [0.15, 0.2) is 0 Å². The van der Waals surface area contributed by atoms with Gasteiger partial charge in [-0.2, -0.15) is 13.2 Å². The summed E-state index contributed by atoms with van der Waals surface area (Å²) in [5.74, 6) is -2.51. The van der Waals surface area contributed by atoms with E-state index in [2.05, 4.69) is 0 Å². The SMILES string of the molecule is O=C(Cc1ccc(F)cc1F)N1CCCCC1C(F)(F)F. The molecule has 0 N–H and O–H groups in total. The number of carbonyl (C=O) groups excluding carboxylic acids is 1. The summed E-state index contributed by atoms with van der Waals surface area (Å²) in [6.07, 6.45) is -4.24. The van der Waals surface area contributed by atoms with Crippen LogP contribution in [0.1, 0.15) is 24.8 Å². The summed E-state index contributed by atoms with van der Waals surface area (Å²) < 4.78 is 65.0. The minimum atomic E-state index is -4.49. The van der Waals surface area contributed by atoms with Crippen molar-refractivity contribution in [3.63, 3.8) is 0 Å². The number of amides is 1. The van der Waals surface area contributed by atoms with Crippen LogP contribution in [-0.4, -0.2) is 29.6 Å². The van der Waals surface area contributed by atoms with Crippen LogP contribution >= 0.6 is 0 Å². The van der Waals surface area contributed by atoms with Crippen molar-refractivity contribution in [2.45, 2.75) is 37.9 Å². The number of rotatable bonds is 2. The van der Waals surface area contributed by atoms with Gasteiger partial charge in [-0.25, -0.2) is 8.78 Å². The van der Waals surface area contributed by atoms with E-state index in [1.807, 2.05) is 0 Å². The lowest BCUT2D eigenvalue weighted by atomic mass is 10.00. The Kier molecular flexibility index (Phi) is 4.49. The van der Waals surface area contributed by atoms with Gasteiger partial charge in [0.1, 0.15) is 17.7 Å². The Labute approximate surface area is 118 Å². The largest absolute Gasteiger partial charge is 0.408 e. The Hall–Kier alpha value is -1.66. The van der Waals surface area contributed by atoms with Gasteiger partial charge in [-0.1, -0.05) is 6.07 Å². The molecule has 1 amide bonds. The molecule has 0 aromatic heterocycles. The van der Waals surface area contributed by atoms with Crippen LogP contribution in [0.3, 0.4) is 0 Å². The number of carbonyl (C=O) groups is 1. The molecule has 1 unspecified atom stereocenters. The third-order valence-corrected chi connectivity index (χ3v) is 3.56. The summed E-state index contributed by atoms with van der Waals surface area (Å²) in [5, 5.41) is 0. The molecule has 21 heavy (non-hydrogen) atoms. The van der Waals surface area contributed by atoms with Gasteiger partial charge >= 0.3 is 6.18 Å². The normalized spacial score (nSPS) is 19.7. The fourth-order valence-corrected chi connectivity index (χ4v) is 2.50. The third kappa shape index (κ3) is 3.71. The lowest BCUT2D eigenvalue weighted by Crippen LogP contribution is -2.51. The zero-order valence-electron chi connectivity index (χ0n) is 11.1. The molecule has 1 saturated heterocycles.